The minimum atomic E-state index is -0.0923. The molecule has 8 heteroatoms. The third-order valence-corrected chi connectivity index (χ3v) is 4.80. The SMILES string of the molecule is C=C(C#N)C#N.CCC.CCOc1ccc(C2=NN(C(=O)c3cccc(NC)c3)CCC2)cc1OCC. The van der Waals surface area contributed by atoms with Crippen molar-refractivity contribution >= 4 is 17.3 Å². The van der Waals surface area contributed by atoms with E-state index in [0.29, 0.717) is 31.1 Å². The maximum absolute atomic E-state index is 12.9. The Hall–Kier alpha value is -4.30. The van der Waals surface area contributed by atoms with Crippen molar-refractivity contribution in [1.82, 2.24) is 5.01 Å². The van der Waals surface area contributed by atoms with E-state index in [1.807, 2.05) is 63.4 Å². The van der Waals surface area contributed by atoms with Crippen molar-refractivity contribution in [3.05, 3.63) is 65.7 Å². The summed E-state index contributed by atoms with van der Waals surface area (Å²) < 4.78 is 11.4. The average Bonchev–Trinajstić information content (AvgIpc) is 2.94. The summed E-state index contributed by atoms with van der Waals surface area (Å²) in [5.41, 5.74) is 3.32. The van der Waals surface area contributed by atoms with E-state index in [4.69, 9.17) is 20.0 Å². The van der Waals surface area contributed by atoms with Gasteiger partial charge in [0, 0.05) is 30.4 Å². The molecule has 1 amide bonds. The molecule has 0 spiro atoms. The lowest BCUT2D eigenvalue weighted by Crippen LogP contribution is -2.32. The summed E-state index contributed by atoms with van der Waals surface area (Å²) in [7, 11) is 1.84. The molecule has 2 aromatic rings. The van der Waals surface area contributed by atoms with Crippen molar-refractivity contribution in [3.63, 3.8) is 0 Å². The second-order valence-corrected chi connectivity index (χ2v) is 7.85. The van der Waals surface area contributed by atoms with Crippen molar-refractivity contribution in [2.24, 2.45) is 5.10 Å². The van der Waals surface area contributed by atoms with Gasteiger partial charge in [-0.1, -0.05) is 32.9 Å². The molecule has 0 unspecified atom stereocenters. The number of allylic oxidation sites excluding steroid dienone is 1. The van der Waals surface area contributed by atoms with E-state index in [-0.39, 0.29) is 11.5 Å². The van der Waals surface area contributed by atoms with Crippen LogP contribution in [0.25, 0.3) is 0 Å². The smallest absolute Gasteiger partial charge is 0.274 e. The predicted octanol–water partition coefficient (Wildman–Crippen LogP) is 6.17. The molecule has 8 nitrogen and oxygen atoms in total. The molecule has 2 aromatic carbocycles. The van der Waals surface area contributed by atoms with Gasteiger partial charge in [0.1, 0.15) is 17.7 Å². The Balaban J connectivity index is 0.000000657. The molecule has 0 bridgehead atoms. The minimum Gasteiger partial charge on any atom is -0.490 e. The summed E-state index contributed by atoms with van der Waals surface area (Å²) in [6, 6.07) is 16.4. The number of ether oxygens (including phenoxy) is 2. The van der Waals surface area contributed by atoms with E-state index in [0.717, 1.165) is 35.6 Å². The number of benzene rings is 2. The predicted molar refractivity (Wildman–Crippen MR) is 148 cm³/mol. The van der Waals surface area contributed by atoms with Crippen molar-refractivity contribution in [3.8, 4) is 23.6 Å². The molecule has 1 aliphatic heterocycles. The number of nitriles is 2. The van der Waals surface area contributed by atoms with E-state index in [2.05, 4.69) is 30.8 Å². The number of anilines is 1. The third kappa shape index (κ3) is 10.1. The quantitative estimate of drug-likeness (QED) is 0.452. The number of nitrogens with zero attached hydrogens (tertiary/aromatic N) is 4. The van der Waals surface area contributed by atoms with Gasteiger partial charge >= 0.3 is 0 Å². The molecule has 0 saturated heterocycles. The summed E-state index contributed by atoms with van der Waals surface area (Å²) in [5, 5.41) is 24.8. The van der Waals surface area contributed by atoms with Gasteiger partial charge in [-0.25, -0.2) is 5.01 Å². The molecule has 196 valence electrons. The van der Waals surface area contributed by atoms with Crippen LogP contribution in [-0.2, 0) is 0 Å². The van der Waals surface area contributed by atoms with Crippen LogP contribution in [0.4, 0.5) is 5.69 Å². The van der Waals surface area contributed by atoms with Crippen LogP contribution in [0.5, 0.6) is 11.5 Å². The molecular weight excluding hydrogens is 466 g/mol. The van der Waals surface area contributed by atoms with Gasteiger partial charge in [-0.15, -0.1) is 0 Å². The van der Waals surface area contributed by atoms with Crippen LogP contribution in [0.2, 0.25) is 0 Å². The van der Waals surface area contributed by atoms with Gasteiger partial charge in [-0.3, -0.25) is 4.79 Å². The Morgan fingerprint density at radius 1 is 1.05 bits per heavy atom. The zero-order valence-corrected chi connectivity index (χ0v) is 22.5. The van der Waals surface area contributed by atoms with Crippen LogP contribution in [0.1, 0.15) is 62.9 Å². The first kappa shape index (κ1) is 30.7. The van der Waals surface area contributed by atoms with Gasteiger partial charge in [0.2, 0.25) is 0 Å². The van der Waals surface area contributed by atoms with Crippen molar-refractivity contribution in [2.45, 2.75) is 47.0 Å². The number of hydrogen-bond acceptors (Lipinski definition) is 7. The Bertz CT molecular complexity index is 1130. The average molecular weight is 504 g/mol. The maximum Gasteiger partial charge on any atom is 0.274 e. The van der Waals surface area contributed by atoms with Gasteiger partial charge in [-0.05, 0) is 63.1 Å². The van der Waals surface area contributed by atoms with Crippen LogP contribution in [0.15, 0.2) is 59.7 Å². The number of carbonyl (C=O) groups excluding carboxylic acids is 1. The summed E-state index contributed by atoms with van der Waals surface area (Å²) >= 11 is 0. The highest BCUT2D eigenvalue weighted by atomic mass is 16.5. The fourth-order valence-electron chi connectivity index (χ4n) is 3.20. The first-order chi connectivity index (χ1) is 17.9. The van der Waals surface area contributed by atoms with Crippen molar-refractivity contribution in [1.29, 1.82) is 10.5 Å². The molecule has 0 saturated carbocycles. The maximum atomic E-state index is 12.9. The molecular formula is C29H37N5O3. The molecule has 0 aliphatic carbocycles. The first-order valence-electron chi connectivity index (χ1n) is 12.4. The van der Waals surface area contributed by atoms with E-state index in [9.17, 15) is 4.79 Å². The van der Waals surface area contributed by atoms with E-state index in [1.54, 1.807) is 17.1 Å². The van der Waals surface area contributed by atoms with Gasteiger partial charge < -0.3 is 14.8 Å². The molecule has 1 aliphatic rings. The highest BCUT2D eigenvalue weighted by Crippen LogP contribution is 2.30. The number of amides is 1. The standard InChI is InChI=1S/C22H27N3O3.C4H2N2.C3H8/c1-4-27-20-12-11-16(15-21(20)28-5-2)19-10-7-13-25(24-19)22(26)17-8-6-9-18(14-17)23-3;1-4(2-5)3-6;1-3-2/h6,8-9,11-12,14-15,23H,4-5,7,10,13H2,1-3H3;1H2;3H2,1-2H3. The van der Waals surface area contributed by atoms with Crippen LogP contribution in [-0.4, -0.2) is 43.4 Å². The molecule has 1 heterocycles. The molecule has 0 atom stereocenters. The number of nitrogens with one attached hydrogen (secondary N) is 1. The summed E-state index contributed by atoms with van der Waals surface area (Å²) in [5.74, 6) is 1.33. The molecule has 0 aromatic heterocycles. The molecule has 0 radical (unpaired) electrons. The first-order valence-corrected chi connectivity index (χ1v) is 12.4. The second kappa shape index (κ2) is 17.2. The summed E-state index contributed by atoms with van der Waals surface area (Å²) in [6.07, 6.45) is 2.94. The van der Waals surface area contributed by atoms with Gasteiger partial charge in [0.25, 0.3) is 5.91 Å². The normalized spacial score (nSPS) is 11.6. The second-order valence-electron chi connectivity index (χ2n) is 7.85. The van der Waals surface area contributed by atoms with Gasteiger partial charge in [0.15, 0.2) is 11.5 Å². The Morgan fingerprint density at radius 3 is 2.27 bits per heavy atom. The molecule has 3 rings (SSSR count). The van der Waals surface area contributed by atoms with Crippen molar-refractivity contribution in [2.75, 3.05) is 32.1 Å². The fraction of sp³-hybridized carbons (Fsp3) is 0.379. The zero-order chi connectivity index (χ0) is 27.6. The van der Waals surface area contributed by atoms with Crippen molar-refractivity contribution < 1.29 is 14.3 Å². The number of carbonyl (C=O) groups is 1. The van der Waals surface area contributed by atoms with Crippen LogP contribution in [0, 0.1) is 22.7 Å². The largest absolute Gasteiger partial charge is 0.490 e. The number of hydrogen-bond donors (Lipinski definition) is 1. The van der Waals surface area contributed by atoms with Crippen LogP contribution >= 0.6 is 0 Å². The Kier molecular flexibility index (Phi) is 14.3. The number of hydrazone groups is 1. The zero-order valence-electron chi connectivity index (χ0n) is 22.5. The van der Waals surface area contributed by atoms with Crippen LogP contribution < -0.4 is 14.8 Å². The van der Waals surface area contributed by atoms with E-state index < -0.39 is 0 Å². The lowest BCUT2D eigenvalue weighted by molar-refractivity contribution is 0.0751. The lowest BCUT2D eigenvalue weighted by Gasteiger charge is -2.24. The van der Waals surface area contributed by atoms with Crippen LogP contribution in [0.3, 0.4) is 0 Å². The highest BCUT2D eigenvalue weighted by molar-refractivity contribution is 6.03. The van der Waals surface area contributed by atoms with Gasteiger partial charge in [0.05, 0.1) is 18.9 Å². The number of rotatable bonds is 7. The third-order valence-electron chi connectivity index (χ3n) is 4.80. The monoisotopic (exact) mass is 503 g/mol. The topological polar surface area (TPSA) is 111 Å². The fourth-order valence-corrected chi connectivity index (χ4v) is 3.20. The minimum absolute atomic E-state index is 0.0463. The Labute approximate surface area is 220 Å². The van der Waals surface area contributed by atoms with Gasteiger partial charge in [-0.2, -0.15) is 15.6 Å². The van der Waals surface area contributed by atoms with E-state index >= 15 is 0 Å². The lowest BCUT2D eigenvalue weighted by atomic mass is 10.0. The Morgan fingerprint density at radius 2 is 1.70 bits per heavy atom. The summed E-state index contributed by atoms with van der Waals surface area (Å²) in [4.78, 5) is 12.9. The molecule has 0 fully saturated rings. The van der Waals surface area contributed by atoms with E-state index in [1.165, 1.54) is 6.42 Å². The highest BCUT2D eigenvalue weighted by Gasteiger charge is 2.21. The summed E-state index contributed by atoms with van der Waals surface area (Å²) in [6.45, 7) is 13.0. The molecule has 1 N–H and O–H groups in total. The molecule has 37 heavy (non-hydrogen) atoms.